The Bertz CT molecular complexity index is 1560. The highest BCUT2D eigenvalue weighted by molar-refractivity contribution is 7.92. The zero-order valence-electron chi connectivity index (χ0n) is 20.7. The number of hydrazone groups is 1. The van der Waals surface area contributed by atoms with Gasteiger partial charge in [0.05, 0.1) is 21.8 Å². The van der Waals surface area contributed by atoms with E-state index in [9.17, 15) is 13.2 Å². The monoisotopic (exact) mass is 534 g/mol. The van der Waals surface area contributed by atoms with Gasteiger partial charge in [-0.1, -0.05) is 60.1 Å². The summed E-state index contributed by atoms with van der Waals surface area (Å²) in [4.78, 5) is 12.9. The van der Waals surface area contributed by atoms with E-state index in [1.165, 1.54) is 12.1 Å². The largest absolute Gasteiger partial charge is 0.318 e. The number of carbonyl (C=O) groups excluding carboxylic acids is 1. The number of anilines is 1. The Morgan fingerprint density at radius 3 is 2.32 bits per heavy atom. The minimum Gasteiger partial charge on any atom is -0.318 e. The standard InChI is InChI=1S/C28H27ClN4O3S/c1-20-11-7-9-15-26(20)33-21(2)17-23(22(33)3)18-30-31-28(34)19-32(27-16-10-8-14-25(27)29)37(35,36)24-12-5-4-6-13-24/h4-18H,19H2,1-3H3,(H,31,34)/b30-18-. The van der Waals surface area contributed by atoms with Crippen LogP contribution in [-0.4, -0.2) is 31.7 Å². The first-order valence-electron chi connectivity index (χ1n) is 11.6. The van der Waals surface area contributed by atoms with E-state index < -0.39 is 22.5 Å². The number of carbonyl (C=O) groups is 1. The van der Waals surface area contributed by atoms with Gasteiger partial charge in [-0.3, -0.25) is 9.10 Å². The molecule has 1 aromatic heterocycles. The fourth-order valence-electron chi connectivity index (χ4n) is 4.12. The molecule has 0 unspecified atom stereocenters. The van der Waals surface area contributed by atoms with Crippen LogP contribution in [0.3, 0.4) is 0 Å². The maximum atomic E-state index is 13.4. The van der Waals surface area contributed by atoms with Crippen molar-refractivity contribution >= 4 is 39.4 Å². The maximum absolute atomic E-state index is 13.4. The van der Waals surface area contributed by atoms with Crippen molar-refractivity contribution in [2.24, 2.45) is 5.10 Å². The quantitative estimate of drug-likeness (QED) is 0.242. The first kappa shape index (κ1) is 26.2. The van der Waals surface area contributed by atoms with Gasteiger partial charge in [-0.2, -0.15) is 5.10 Å². The Kier molecular flexibility index (Phi) is 7.80. The zero-order chi connectivity index (χ0) is 26.6. The first-order chi connectivity index (χ1) is 17.7. The van der Waals surface area contributed by atoms with Crippen LogP contribution in [0.1, 0.15) is 22.5 Å². The molecular formula is C28H27ClN4O3S. The molecule has 0 aliphatic carbocycles. The molecule has 0 spiro atoms. The van der Waals surface area contributed by atoms with Gasteiger partial charge in [0.15, 0.2) is 0 Å². The number of sulfonamides is 1. The number of aryl methyl sites for hydroxylation is 2. The second-order valence-electron chi connectivity index (χ2n) is 8.52. The predicted molar refractivity (Wildman–Crippen MR) is 148 cm³/mol. The molecule has 0 saturated carbocycles. The highest BCUT2D eigenvalue weighted by Crippen LogP contribution is 2.30. The Morgan fingerprint density at radius 1 is 0.973 bits per heavy atom. The SMILES string of the molecule is Cc1ccccc1-n1c(C)cc(/C=N\NC(=O)CN(c2ccccc2Cl)S(=O)(=O)c2ccccc2)c1C. The molecule has 0 aliphatic rings. The molecule has 4 aromatic rings. The molecule has 37 heavy (non-hydrogen) atoms. The Hall–Kier alpha value is -3.88. The first-order valence-corrected chi connectivity index (χ1v) is 13.4. The summed E-state index contributed by atoms with van der Waals surface area (Å²) in [5, 5.41) is 4.31. The number of nitrogens with zero attached hydrogens (tertiary/aromatic N) is 3. The van der Waals surface area contributed by atoms with Crippen molar-refractivity contribution in [1.82, 2.24) is 9.99 Å². The Labute approximate surface area is 222 Å². The fraction of sp³-hybridized carbons (Fsp3) is 0.143. The normalized spacial score (nSPS) is 11.6. The van der Waals surface area contributed by atoms with Crippen LogP contribution in [0.2, 0.25) is 5.02 Å². The predicted octanol–water partition coefficient (Wildman–Crippen LogP) is 5.40. The van der Waals surface area contributed by atoms with Gasteiger partial charge in [0.25, 0.3) is 15.9 Å². The third-order valence-electron chi connectivity index (χ3n) is 5.96. The Balaban J connectivity index is 1.56. The average molecular weight is 535 g/mol. The highest BCUT2D eigenvalue weighted by atomic mass is 35.5. The minimum absolute atomic E-state index is 0.0508. The van der Waals surface area contributed by atoms with Crippen molar-refractivity contribution in [3.8, 4) is 5.69 Å². The number of para-hydroxylation sites is 2. The van der Waals surface area contributed by atoms with Crippen molar-refractivity contribution in [1.29, 1.82) is 0 Å². The topological polar surface area (TPSA) is 83.8 Å². The van der Waals surface area contributed by atoms with Crippen LogP contribution < -0.4 is 9.73 Å². The van der Waals surface area contributed by atoms with Crippen molar-refractivity contribution < 1.29 is 13.2 Å². The average Bonchev–Trinajstić information content (AvgIpc) is 3.16. The van der Waals surface area contributed by atoms with E-state index in [0.29, 0.717) is 0 Å². The van der Waals surface area contributed by atoms with E-state index in [1.54, 1.807) is 48.7 Å². The second-order valence-corrected chi connectivity index (χ2v) is 10.8. The van der Waals surface area contributed by atoms with Crippen LogP contribution in [0.5, 0.6) is 0 Å². The van der Waals surface area contributed by atoms with Crippen molar-refractivity contribution in [2.45, 2.75) is 25.7 Å². The van der Waals surface area contributed by atoms with Crippen LogP contribution in [-0.2, 0) is 14.8 Å². The lowest BCUT2D eigenvalue weighted by molar-refractivity contribution is -0.119. The van der Waals surface area contributed by atoms with Crippen molar-refractivity contribution in [3.05, 3.63) is 112 Å². The van der Waals surface area contributed by atoms with E-state index in [-0.39, 0.29) is 15.6 Å². The molecule has 1 amide bonds. The molecule has 190 valence electrons. The van der Waals surface area contributed by atoms with Crippen LogP contribution in [0.4, 0.5) is 5.69 Å². The van der Waals surface area contributed by atoms with Crippen molar-refractivity contribution in [2.75, 3.05) is 10.8 Å². The van der Waals surface area contributed by atoms with Crippen LogP contribution >= 0.6 is 11.6 Å². The Morgan fingerprint density at radius 2 is 1.62 bits per heavy atom. The van der Waals surface area contributed by atoms with E-state index in [1.807, 2.05) is 32.0 Å². The molecule has 0 atom stereocenters. The van der Waals surface area contributed by atoms with Gasteiger partial charge in [0.1, 0.15) is 6.54 Å². The molecule has 0 aliphatic heterocycles. The van der Waals surface area contributed by atoms with Gasteiger partial charge in [0, 0.05) is 22.6 Å². The summed E-state index contributed by atoms with van der Waals surface area (Å²) >= 11 is 6.31. The number of nitrogens with one attached hydrogen (secondary N) is 1. The number of rotatable bonds is 8. The van der Waals surface area contributed by atoms with Gasteiger partial charge in [-0.15, -0.1) is 0 Å². The van der Waals surface area contributed by atoms with E-state index in [4.69, 9.17) is 11.6 Å². The molecule has 4 rings (SSSR count). The van der Waals surface area contributed by atoms with Gasteiger partial charge >= 0.3 is 0 Å². The molecule has 1 heterocycles. The lowest BCUT2D eigenvalue weighted by Crippen LogP contribution is -2.39. The summed E-state index contributed by atoms with van der Waals surface area (Å²) in [5.41, 5.74) is 7.69. The lowest BCUT2D eigenvalue weighted by Gasteiger charge is -2.24. The van der Waals surface area contributed by atoms with Crippen LogP contribution in [0.25, 0.3) is 5.69 Å². The molecule has 3 aromatic carbocycles. The summed E-state index contributed by atoms with van der Waals surface area (Å²) in [6.07, 6.45) is 1.56. The van der Waals surface area contributed by atoms with Crippen LogP contribution in [0.15, 0.2) is 94.9 Å². The molecule has 0 bridgehead atoms. The van der Waals surface area contributed by atoms with Crippen LogP contribution in [0, 0.1) is 20.8 Å². The van der Waals surface area contributed by atoms with Gasteiger partial charge in [0.2, 0.25) is 0 Å². The molecular weight excluding hydrogens is 508 g/mol. The van der Waals surface area contributed by atoms with E-state index >= 15 is 0 Å². The summed E-state index contributed by atoms with van der Waals surface area (Å²) in [5.74, 6) is -0.608. The molecule has 0 saturated heterocycles. The van der Waals surface area contributed by atoms with E-state index in [2.05, 4.69) is 34.2 Å². The lowest BCUT2D eigenvalue weighted by atomic mass is 10.2. The van der Waals surface area contributed by atoms with Crippen molar-refractivity contribution in [3.63, 3.8) is 0 Å². The molecule has 0 radical (unpaired) electrons. The molecule has 7 nitrogen and oxygen atoms in total. The number of aromatic nitrogens is 1. The zero-order valence-corrected chi connectivity index (χ0v) is 22.3. The van der Waals surface area contributed by atoms with Gasteiger partial charge in [-0.25, -0.2) is 13.8 Å². The number of hydrogen-bond acceptors (Lipinski definition) is 4. The third kappa shape index (κ3) is 5.60. The summed E-state index contributed by atoms with van der Waals surface area (Å²) in [6.45, 7) is 5.54. The van der Waals surface area contributed by atoms with Gasteiger partial charge in [-0.05, 0) is 62.7 Å². The highest BCUT2D eigenvalue weighted by Gasteiger charge is 2.28. The number of halogens is 1. The smallest absolute Gasteiger partial charge is 0.264 e. The number of amides is 1. The summed E-state index contributed by atoms with van der Waals surface area (Å²) in [6, 6.07) is 24.5. The third-order valence-corrected chi connectivity index (χ3v) is 8.05. The van der Waals surface area contributed by atoms with E-state index in [0.717, 1.165) is 32.5 Å². The molecule has 9 heteroatoms. The minimum atomic E-state index is -4.06. The van der Waals surface area contributed by atoms with Gasteiger partial charge < -0.3 is 4.57 Å². The number of hydrogen-bond donors (Lipinski definition) is 1. The summed E-state index contributed by atoms with van der Waals surface area (Å²) in [7, 11) is -4.06. The molecule has 0 fully saturated rings. The molecule has 1 N–H and O–H groups in total. The fourth-order valence-corrected chi connectivity index (χ4v) is 5.87. The maximum Gasteiger partial charge on any atom is 0.264 e. The number of benzene rings is 3. The second kappa shape index (κ2) is 11.0. The summed E-state index contributed by atoms with van der Waals surface area (Å²) < 4.78 is 29.9.